The quantitative estimate of drug-likeness (QED) is 0.516. The second-order valence-electron chi connectivity index (χ2n) is 8.82. The van der Waals surface area contributed by atoms with Gasteiger partial charge in [0, 0.05) is 25.2 Å². The minimum absolute atomic E-state index is 0.0108. The number of aromatic amines is 1. The molecule has 2 atom stereocenters. The topological polar surface area (TPSA) is 140 Å². The summed E-state index contributed by atoms with van der Waals surface area (Å²) in [5, 5.41) is 10.3. The fourth-order valence-corrected chi connectivity index (χ4v) is 4.81. The molecule has 1 aliphatic heterocycles. The Kier molecular flexibility index (Phi) is 4.17. The first-order valence-electron chi connectivity index (χ1n) is 10.3. The van der Waals surface area contributed by atoms with E-state index in [0.717, 1.165) is 12.8 Å². The van der Waals surface area contributed by atoms with Crippen molar-refractivity contribution in [1.29, 1.82) is 0 Å². The molecule has 0 spiro atoms. The van der Waals surface area contributed by atoms with Crippen molar-refractivity contribution in [2.75, 3.05) is 30.8 Å². The number of halogens is 1. The van der Waals surface area contributed by atoms with Gasteiger partial charge in [0.05, 0.1) is 23.8 Å². The van der Waals surface area contributed by atoms with Crippen LogP contribution < -0.4 is 32.4 Å². The lowest BCUT2D eigenvalue weighted by atomic mass is 9.93. The van der Waals surface area contributed by atoms with Gasteiger partial charge < -0.3 is 26.2 Å². The minimum atomic E-state index is -0.828. The average molecular weight is 419 g/mol. The SMILES string of the molecule is COc1c(N2CCC(C(N)C3(O)CC3)C2)c(F)c(N)c2c(=O)[nH]c(=O)n(C3CC3)c12. The highest BCUT2D eigenvalue weighted by Gasteiger charge is 2.50. The van der Waals surface area contributed by atoms with Crippen LogP contribution in [0.5, 0.6) is 5.75 Å². The third-order valence-electron chi connectivity index (χ3n) is 6.84. The number of nitrogens with two attached hydrogens (primary N) is 2. The summed E-state index contributed by atoms with van der Waals surface area (Å²) < 4.78 is 22.5. The summed E-state index contributed by atoms with van der Waals surface area (Å²) >= 11 is 0. The minimum Gasteiger partial charge on any atom is -0.492 e. The molecule has 6 N–H and O–H groups in total. The third-order valence-corrected chi connectivity index (χ3v) is 6.84. The van der Waals surface area contributed by atoms with Gasteiger partial charge in [0.1, 0.15) is 11.2 Å². The number of H-pyrrole nitrogens is 1. The molecule has 10 heteroatoms. The van der Waals surface area contributed by atoms with E-state index in [1.165, 1.54) is 11.7 Å². The monoisotopic (exact) mass is 419 g/mol. The van der Waals surface area contributed by atoms with Gasteiger partial charge in [0.25, 0.3) is 5.56 Å². The number of anilines is 2. The Labute approximate surface area is 171 Å². The molecule has 162 valence electrons. The lowest BCUT2D eigenvalue weighted by molar-refractivity contribution is 0.0968. The molecule has 1 saturated heterocycles. The van der Waals surface area contributed by atoms with E-state index in [1.54, 1.807) is 4.90 Å². The zero-order chi connectivity index (χ0) is 21.4. The van der Waals surface area contributed by atoms with E-state index >= 15 is 4.39 Å². The van der Waals surface area contributed by atoms with Crippen molar-refractivity contribution in [3.8, 4) is 5.75 Å². The van der Waals surface area contributed by atoms with Crippen molar-refractivity contribution in [3.63, 3.8) is 0 Å². The Hall–Kier alpha value is -2.59. The Bertz CT molecular complexity index is 1150. The van der Waals surface area contributed by atoms with Crippen LogP contribution in [0.4, 0.5) is 15.8 Å². The number of rotatable bonds is 5. The summed E-state index contributed by atoms with van der Waals surface area (Å²) in [7, 11) is 1.39. The molecular formula is C20H26FN5O4. The summed E-state index contributed by atoms with van der Waals surface area (Å²) in [6.45, 7) is 0.933. The van der Waals surface area contributed by atoms with Crippen molar-refractivity contribution < 1.29 is 14.2 Å². The van der Waals surface area contributed by atoms with Crippen molar-refractivity contribution in [2.24, 2.45) is 11.7 Å². The van der Waals surface area contributed by atoms with E-state index in [-0.39, 0.29) is 46.0 Å². The first-order valence-corrected chi connectivity index (χ1v) is 10.3. The lowest BCUT2D eigenvalue weighted by Gasteiger charge is -2.27. The van der Waals surface area contributed by atoms with Crippen molar-refractivity contribution >= 4 is 22.3 Å². The molecule has 0 amide bonds. The summed E-state index contributed by atoms with van der Waals surface area (Å²) in [6, 6.07) is -0.464. The van der Waals surface area contributed by atoms with Crippen LogP contribution in [0.15, 0.2) is 9.59 Å². The normalized spacial score (nSPS) is 23.7. The van der Waals surface area contributed by atoms with Crippen molar-refractivity contribution in [3.05, 3.63) is 26.7 Å². The van der Waals surface area contributed by atoms with Crippen LogP contribution in [0.25, 0.3) is 10.9 Å². The molecule has 5 rings (SSSR count). The predicted octanol–water partition coefficient (Wildman–Crippen LogP) is 0.433. The van der Waals surface area contributed by atoms with Gasteiger partial charge in [0.15, 0.2) is 11.6 Å². The largest absolute Gasteiger partial charge is 0.492 e. The van der Waals surface area contributed by atoms with Crippen LogP contribution in [0, 0.1) is 11.7 Å². The van der Waals surface area contributed by atoms with E-state index < -0.39 is 22.7 Å². The molecule has 2 unspecified atom stereocenters. The highest BCUT2D eigenvalue weighted by atomic mass is 19.1. The first kappa shape index (κ1) is 19.4. The molecule has 2 aliphatic carbocycles. The number of hydrogen-bond donors (Lipinski definition) is 4. The maximum atomic E-state index is 15.5. The number of hydrogen-bond acceptors (Lipinski definition) is 7. The highest BCUT2D eigenvalue weighted by Crippen LogP contribution is 2.47. The van der Waals surface area contributed by atoms with Gasteiger partial charge in [-0.05, 0) is 38.0 Å². The fourth-order valence-electron chi connectivity index (χ4n) is 4.81. The molecule has 30 heavy (non-hydrogen) atoms. The first-order chi connectivity index (χ1) is 14.3. The number of nitrogens with one attached hydrogen (secondary N) is 1. The van der Waals surface area contributed by atoms with Gasteiger partial charge in [-0.1, -0.05) is 0 Å². The zero-order valence-electron chi connectivity index (χ0n) is 16.8. The predicted molar refractivity (Wildman–Crippen MR) is 111 cm³/mol. The highest BCUT2D eigenvalue weighted by molar-refractivity contribution is 5.99. The molecule has 3 aliphatic rings. The van der Waals surface area contributed by atoms with Gasteiger partial charge in [-0.15, -0.1) is 0 Å². The molecule has 2 saturated carbocycles. The molecular weight excluding hydrogens is 393 g/mol. The van der Waals surface area contributed by atoms with Crippen LogP contribution in [-0.2, 0) is 0 Å². The summed E-state index contributed by atoms with van der Waals surface area (Å²) in [5.74, 6) is -0.625. The van der Waals surface area contributed by atoms with E-state index in [0.29, 0.717) is 32.4 Å². The lowest BCUT2D eigenvalue weighted by Crippen LogP contribution is -2.44. The molecule has 2 heterocycles. The summed E-state index contributed by atoms with van der Waals surface area (Å²) in [6.07, 6.45) is 3.63. The average Bonchev–Trinajstić information content (AvgIpc) is 3.63. The second-order valence-corrected chi connectivity index (χ2v) is 8.82. The van der Waals surface area contributed by atoms with Gasteiger partial charge in [-0.2, -0.15) is 0 Å². The van der Waals surface area contributed by atoms with Crippen LogP contribution in [0.3, 0.4) is 0 Å². The molecule has 1 aromatic carbocycles. The van der Waals surface area contributed by atoms with Gasteiger partial charge in [-0.3, -0.25) is 14.3 Å². The summed E-state index contributed by atoms with van der Waals surface area (Å²) in [5.41, 5.74) is 10.3. The molecule has 0 bridgehead atoms. The molecule has 1 aromatic heterocycles. The van der Waals surface area contributed by atoms with E-state index in [2.05, 4.69) is 4.98 Å². The number of methoxy groups -OCH3 is 1. The maximum Gasteiger partial charge on any atom is 0.329 e. The Morgan fingerprint density at radius 2 is 2.00 bits per heavy atom. The molecule has 2 aromatic rings. The number of fused-ring (bicyclic) bond motifs is 1. The fraction of sp³-hybridized carbons (Fsp3) is 0.600. The second kappa shape index (κ2) is 6.45. The maximum absolute atomic E-state index is 15.5. The zero-order valence-corrected chi connectivity index (χ0v) is 16.8. The van der Waals surface area contributed by atoms with Crippen LogP contribution in [0.2, 0.25) is 0 Å². The number of aromatic nitrogens is 2. The standard InChI is InChI=1S/C20H26FN5O4/c1-30-16-14-11(18(27)24-19(28)26(14)10-2-3-10)13(22)12(21)15(16)25-7-4-9(8-25)17(23)20(29)5-6-20/h9-10,17,29H,2-8,22-23H2,1H3,(H,24,27,28). The number of ether oxygens (including phenoxy) is 1. The Morgan fingerprint density at radius 3 is 2.60 bits per heavy atom. The Balaban J connectivity index is 1.68. The van der Waals surface area contributed by atoms with E-state index in [4.69, 9.17) is 16.2 Å². The number of nitrogens with zero attached hydrogens (tertiary/aromatic N) is 2. The molecule has 3 fully saturated rings. The Morgan fingerprint density at radius 1 is 1.30 bits per heavy atom. The van der Waals surface area contributed by atoms with Crippen molar-refractivity contribution in [2.45, 2.75) is 49.8 Å². The number of aliphatic hydroxyl groups is 1. The van der Waals surface area contributed by atoms with Crippen molar-refractivity contribution in [1.82, 2.24) is 9.55 Å². The van der Waals surface area contributed by atoms with Gasteiger partial charge >= 0.3 is 5.69 Å². The van der Waals surface area contributed by atoms with Gasteiger partial charge in [0.2, 0.25) is 0 Å². The van der Waals surface area contributed by atoms with Gasteiger partial charge in [-0.25, -0.2) is 9.18 Å². The van der Waals surface area contributed by atoms with Crippen LogP contribution in [-0.4, -0.2) is 46.5 Å². The van der Waals surface area contributed by atoms with E-state index in [9.17, 15) is 14.7 Å². The number of nitrogen functional groups attached to an aromatic ring is 1. The third kappa shape index (κ3) is 2.73. The van der Waals surface area contributed by atoms with Crippen LogP contribution >= 0.6 is 0 Å². The molecule has 0 radical (unpaired) electrons. The summed E-state index contributed by atoms with van der Waals surface area (Å²) in [4.78, 5) is 29.1. The smallest absolute Gasteiger partial charge is 0.329 e. The van der Waals surface area contributed by atoms with Crippen LogP contribution in [0.1, 0.15) is 38.1 Å². The number of benzene rings is 1. The van der Waals surface area contributed by atoms with E-state index in [1.807, 2.05) is 0 Å². The molecule has 9 nitrogen and oxygen atoms in total.